The fraction of sp³-hybridized carbons (Fsp3) is 0.600. The molecule has 5 heteroatoms. The zero-order valence-corrected chi connectivity index (χ0v) is 9.13. The molecule has 0 bridgehead atoms. The first kappa shape index (κ1) is 11.8. The van der Waals surface area contributed by atoms with E-state index in [4.69, 9.17) is 5.73 Å². The zero-order valence-electron chi connectivity index (χ0n) is 9.13. The van der Waals surface area contributed by atoms with E-state index in [0.717, 1.165) is 12.8 Å². The van der Waals surface area contributed by atoms with Crippen molar-refractivity contribution in [2.45, 2.75) is 32.7 Å². The van der Waals surface area contributed by atoms with Gasteiger partial charge in [-0.2, -0.15) is 0 Å². The molecule has 0 amide bonds. The van der Waals surface area contributed by atoms with E-state index in [0.29, 0.717) is 12.2 Å². The maximum absolute atomic E-state index is 13.4. The predicted molar refractivity (Wildman–Crippen MR) is 58.1 cm³/mol. The second kappa shape index (κ2) is 5.60. The van der Waals surface area contributed by atoms with Crippen molar-refractivity contribution < 1.29 is 4.39 Å². The molecule has 0 aliphatic heterocycles. The minimum Gasteiger partial charge on any atom is -0.367 e. The molecule has 0 saturated heterocycles. The van der Waals surface area contributed by atoms with Gasteiger partial charge in [-0.05, 0) is 19.8 Å². The van der Waals surface area contributed by atoms with Crippen LogP contribution in [0.2, 0.25) is 0 Å². The molecule has 4 nitrogen and oxygen atoms in total. The summed E-state index contributed by atoms with van der Waals surface area (Å²) in [6.07, 6.45) is 3.08. The topological polar surface area (TPSA) is 63.8 Å². The van der Waals surface area contributed by atoms with Crippen molar-refractivity contribution in [2.75, 3.05) is 11.9 Å². The highest BCUT2D eigenvalue weighted by atomic mass is 19.1. The molecule has 0 aliphatic carbocycles. The van der Waals surface area contributed by atoms with Gasteiger partial charge in [0.2, 0.25) is 0 Å². The zero-order chi connectivity index (χ0) is 11.3. The smallest absolute Gasteiger partial charge is 0.186 e. The summed E-state index contributed by atoms with van der Waals surface area (Å²) in [6.45, 7) is 4.27. The monoisotopic (exact) mass is 212 g/mol. The lowest BCUT2D eigenvalue weighted by Crippen LogP contribution is -2.22. The molecule has 0 aromatic carbocycles. The van der Waals surface area contributed by atoms with Gasteiger partial charge in [0.15, 0.2) is 11.6 Å². The van der Waals surface area contributed by atoms with Crippen LogP contribution in [0.15, 0.2) is 6.33 Å². The second-order valence-electron chi connectivity index (χ2n) is 3.51. The van der Waals surface area contributed by atoms with Crippen LogP contribution in [0.1, 0.15) is 25.5 Å². The van der Waals surface area contributed by atoms with E-state index in [2.05, 4.69) is 15.3 Å². The van der Waals surface area contributed by atoms with Gasteiger partial charge < -0.3 is 11.1 Å². The Bertz CT molecular complexity index is 316. The standard InChI is InChI=1S/C10H17FN4/c1-3-8(12)4-5-13-10-9(11)7(2)14-6-15-10/h6,8H,3-5,12H2,1-2H3,(H,13,14,15). The average Bonchev–Trinajstić information content (AvgIpc) is 2.24. The third kappa shape index (κ3) is 3.43. The molecule has 1 heterocycles. The first-order chi connectivity index (χ1) is 7.15. The van der Waals surface area contributed by atoms with Crippen molar-refractivity contribution in [3.8, 4) is 0 Å². The summed E-state index contributed by atoms with van der Waals surface area (Å²) in [5, 5.41) is 2.91. The van der Waals surface area contributed by atoms with E-state index in [1.165, 1.54) is 6.33 Å². The molecule has 0 fully saturated rings. The van der Waals surface area contributed by atoms with E-state index >= 15 is 0 Å². The highest BCUT2D eigenvalue weighted by Crippen LogP contribution is 2.11. The Balaban J connectivity index is 2.47. The summed E-state index contributed by atoms with van der Waals surface area (Å²) in [7, 11) is 0. The first-order valence-electron chi connectivity index (χ1n) is 5.11. The number of nitrogens with two attached hydrogens (primary N) is 1. The van der Waals surface area contributed by atoms with Gasteiger partial charge in [-0.25, -0.2) is 14.4 Å². The lowest BCUT2D eigenvalue weighted by molar-refractivity contribution is 0.593. The number of rotatable bonds is 5. The van der Waals surface area contributed by atoms with Gasteiger partial charge in [0.05, 0.1) is 5.69 Å². The van der Waals surface area contributed by atoms with Crippen LogP contribution < -0.4 is 11.1 Å². The van der Waals surface area contributed by atoms with Crippen LogP contribution in [0.3, 0.4) is 0 Å². The van der Waals surface area contributed by atoms with E-state index in [1.54, 1.807) is 6.92 Å². The van der Waals surface area contributed by atoms with Crippen molar-refractivity contribution >= 4 is 5.82 Å². The maximum atomic E-state index is 13.4. The third-order valence-corrected chi connectivity index (χ3v) is 2.30. The van der Waals surface area contributed by atoms with E-state index < -0.39 is 0 Å². The number of anilines is 1. The lowest BCUT2D eigenvalue weighted by Gasteiger charge is -2.10. The number of halogens is 1. The number of aryl methyl sites for hydroxylation is 1. The van der Waals surface area contributed by atoms with E-state index in [1.807, 2.05) is 6.92 Å². The van der Waals surface area contributed by atoms with Crippen molar-refractivity contribution in [3.05, 3.63) is 17.8 Å². The van der Waals surface area contributed by atoms with Gasteiger partial charge in [0.25, 0.3) is 0 Å². The SMILES string of the molecule is CCC(N)CCNc1ncnc(C)c1F. The van der Waals surface area contributed by atoms with Crippen LogP contribution in [0.25, 0.3) is 0 Å². The van der Waals surface area contributed by atoms with Gasteiger partial charge in [0, 0.05) is 12.6 Å². The number of aromatic nitrogens is 2. The van der Waals surface area contributed by atoms with Crippen LogP contribution in [0.5, 0.6) is 0 Å². The largest absolute Gasteiger partial charge is 0.367 e. The Kier molecular flexibility index (Phi) is 4.42. The number of hydrogen-bond donors (Lipinski definition) is 2. The molecule has 0 saturated carbocycles. The van der Waals surface area contributed by atoms with Crippen molar-refractivity contribution in [1.29, 1.82) is 0 Å². The second-order valence-corrected chi connectivity index (χ2v) is 3.51. The summed E-state index contributed by atoms with van der Waals surface area (Å²) < 4.78 is 13.4. The molecule has 1 unspecified atom stereocenters. The molecule has 0 aliphatic rings. The highest BCUT2D eigenvalue weighted by molar-refractivity contribution is 5.36. The number of nitrogens with zero attached hydrogens (tertiary/aromatic N) is 2. The molecule has 0 radical (unpaired) electrons. The molecular formula is C10H17FN4. The summed E-state index contributed by atoms with van der Waals surface area (Å²) in [6, 6.07) is 0.156. The number of hydrogen-bond acceptors (Lipinski definition) is 4. The molecule has 1 rings (SSSR count). The van der Waals surface area contributed by atoms with Crippen LogP contribution >= 0.6 is 0 Å². The first-order valence-corrected chi connectivity index (χ1v) is 5.11. The molecule has 0 spiro atoms. The van der Waals surface area contributed by atoms with Crippen LogP contribution in [0, 0.1) is 12.7 Å². The van der Waals surface area contributed by atoms with Crippen LogP contribution in [-0.4, -0.2) is 22.6 Å². The summed E-state index contributed by atoms with van der Waals surface area (Å²) in [5.74, 6) is -0.131. The predicted octanol–water partition coefficient (Wildman–Crippen LogP) is 1.46. The molecule has 1 aromatic heterocycles. The fourth-order valence-corrected chi connectivity index (χ4v) is 1.16. The highest BCUT2D eigenvalue weighted by Gasteiger charge is 2.07. The summed E-state index contributed by atoms with van der Waals surface area (Å²) in [5.41, 5.74) is 6.09. The van der Waals surface area contributed by atoms with Crippen molar-refractivity contribution in [3.63, 3.8) is 0 Å². The molecule has 1 aromatic rings. The van der Waals surface area contributed by atoms with Gasteiger partial charge in [-0.3, -0.25) is 0 Å². The quantitative estimate of drug-likeness (QED) is 0.775. The maximum Gasteiger partial charge on any atom is 0.186 e. The lowest BCUT2D eigenvalue weighted by atomic mass is 10.2. The Hall–Kier alpha value is -1.23. The third-order valence-electron chi connectivity index (χ3n) is 2.30. The van der Waals surface area contributed by atoms with Crippen LogP contribution in [-0.2, 0) is 0 Å². The Labute approximate surface area is 89.1 Å². The summed E-state index contributed by atoms with van der Waals surface area (Å²) >= 11 is 0. The Morgan fingerprint density at radius 3 is 2.93 bits per heavy atom. The molecule has 3 N–H and O–H groups in total. The van der Waals surface area contributed by atoms with Gasteiger partial charge in [0.1, 0.15) is 6.33 Å². The average molecular weight is 212 g/mol. The summed E-state index contributed by atoms with van der Waals surface area (Å²) in [4.78, 5) is 7.57. The molecular weight excluding hydrogens is 195 g/mol. The van der Waals surface area contributed by atoms with Crippen LogP contribution in [0.4, 0.5) is 10.2 Å². The van der Waals surface area contributed by atoms with Gasteiger partial charge in [-0.1, -0.05) is 6.92 Å². The van der Waals surface area contributed by atoms with E-state index in [-0.39, 0.29) is 17.7 Å². The fourth-order valence-electron chi connectivity index (χ4n) is 1.16. The molecule has 15 heavy (non-hydrogen) atoms. The van der Waals surface area contributed by atoms with E-state index in [9.17, 15) is 4.39 Å². The van der Waals surface area contributed by atoms with Gasteiger partial charge >= 0.3 is 0 Å². The molecule has 84 valence electrons. The normalized spacial score (nSPS) is 12.5. The minimum atomic E-state index is -0.387. The molecule has 1 atom stereocenters. The Morgan fingerprint density at radius 1 is 1.53 bits per heavy atom. The van der Waals surface area contributed by atoms with Crippen molar-refractivity contribution in [2.24, 2.45) is 5.73 Å². The minimum absolute atomic E-state index is 0.156. The van der Waals surface area contributed by atoms with Crippen molar-refractivity contribution in [1.82, 2.24) is 9.97 Å². The van der Waals surface area contributed by atoms with Gasteiger partial charge in [-0.15, -0.1) is 0 Å². The Morgan fingerprint density at radius 2 is 2.27 bits per heavy atom. The number of nitrogens with one attached hydrogen (secondary N) is 1.